The maximum atomic E-state index is 11.7. The van der Waals surface area contributed by atoms with E-state index in [9.17, 15) is 9.59 Å². The van der Waals surface area contributed by atoms with Gasteiger partial charge in [-0.3, -0.25) is 4.79 Å². The molecule has 0 spiro atoms. The summed E-state index contributed by atoms with van der Waals surface area (Å²) in [5, 5.41) is 3.83. The molecule has 0 aliphatic heterocycles. The standard InChI is InChI=1S/C18H18N2O5/c1-23-14-7-9-15(10-8-14)25-12-17(21)20-19-11-13-5-3-4-6-16(13)18(22)24-2/h3-11H,12H2,1-2H3,(H,20,21)/b19-11-. The Bertz CT molecular complexity index is 756. The molecule has 7 nitrogen and oxygen atoms in total. The fourth-order valence-electron chi connectivity index (χ4n) is 1.93. The fraction of sp³-hybridized carbons (Fsp3) is 0.167. The van der Waals surface area contributed by atoms with Gasteiger partial charge in [0, 0.05) is 5.56 Å². The maximum absolute atomic E-state index is 11.7. The molecule has 0 unspecified atom stereocenters. The molecule has 1 amide bonds. The number of benzene rings is 2. The molecular weight excluding hydrogens is 324 g/mol. The first kappa shape index (κ1) is 18.0. The van der Waals surface area contributed by atoms with Gasteiger partial charge in [-0.15, -0.1) is 0 Å². The van der Waals surface area contributed by atoms with E-state index < -0.39 is 11.9 Å². The molecule has 2 rings (SSSR count). The molecule has 7 heteroatoms. The topological polar surface area (TPSA) is 86.2 Å². The van der Waals surface area contributed by atoms with Gasteiger partial charge in [0.1, 0.15) is 11.5 Å². The fourth-order valence-corrected chi connectivity index (χ4v) is 1.93. The third kappa shape index (κ3) is 5.35. The van der Waals surface area contributed by atoms with Gasteiger partial charge in [0.05, 0.1) is 26.0 Å². The van der Waals surface area contributed by atoms with Crippen LogP contribution in [-0.4, -0.2) is 38.9 Å². The number of amides is 1. The van der Waals surface area contributed by atoms with Crippen LogP contribution in [0.25, 0.3) is 0 Å². The molecule has 0 saturated heterocycles. The SMILES string of the molecule is COC(=O)c1ccccc1/C=N\NC(=O)COc1ccc(OC)cc1. The van der Waals surface area contributed by atoms with Gasteiger partial charge in [-0.1, -0.05) is 18.2 Å². The highest BCUT2D eigenvalue weighted by Gasteiger charge is 2.09. The van der Waals surface area contributed by atoms with Crippen LogP contribution in [0.15, 0.2) is 53.6 Å². The minimum atomic E-state index is -0.476. The van der Waals surface area contributed by atoms with Crippen LogP contribution in [0.4, 0.5) is 0 Å². The Hall–Kier alpha value is -3.35. The molecule has 0 fully saturated rings. The smallest absolute Gasteiger partial charge is 0.338 e. The Morgan fingerprint density at radius 3 is 2.40 bits per heavy atom. The summed E-state index contributed by atoms with van der Waals surface area (Å²) in [6.45, 7) is -0.192. The van der Waals surface area contributed by atoms with Crippen LogP contribution in [0.3, 0.4) is 0 Å². The third-order valence-corrected chi connectivity index (χ3v) is 3.19. The van der Waals surface area contributed by atoms with Crippen molar-refractivity contribution in [2.75, 3.05) is 20.8 Å². The van der Waals surface area contributed by atoms with Gasteiger partial charge in [0.25, 0.3) is 5.91 Å². The summed E-state index contributed by atoms with van der Waals surface area (Å²) in [6.07, 6.45) is 1.37. The van der Waals surface area contributed by atoms with E-state index in [0.29, 0.717) is 22.6 Å². The number of rotatable bonds is 7. The molecule has 0 aliphatic carbocycles. The Morgan fingerprint density at radius 2 is 1.72 bits per heavy atom. The van der Waals surface area contributed by atoms with Crippen molar-refractivity contribution in [3.8, 4) is 11.5 Å². The number of carbonyl (C=O) groups is 2. The summed E-state index contributed by atoms with van der Waals surface area (Å²) in [4.78, 5) is 23.4. The lowest BCUT2D eigenvalue weighted by Crippen LogP contribution is -2.24. The molecule has 130 valence electrons. The molecule has 0 bridgehead atoms. The lowest BCUT2D eigenvalue weighted by molar-refractivity contribution is -0.123. The summed E-state index contributed by atoms with van der Waals surface area (Å²) < 4.78 is 15.1. The van der Waals surface area contributed by atoms with Crippen LogP contribution in [0.5, 0.6) is 11.5 Å². The van der Waals surface area contributed by atoms with Crippen molar-refractivity contribution in [1.29, 1.82) is 0 Å². The van der Waals surface area contributed by atoms with Crippen LogP contribution in [0.1, 0.15) is 15.9 Å². The zero-order valence-electron chi connectivity index (χ0n) is 13.9. The lowest BCUT2D eigenvalue weighted by atomic mass is 10.1. The Morgan fingerprint density at radius 1 is 1.04 bits per heavy atom. The highest BCUT2D eigenvalue weighted by molar-refractivity contribution is 5.99. The molecule has 2 aromatic carbocycles. The monoisotopic (exact) mass is 342 g/mol. The van der Waals surface area contributed by atoms with E-state index in [1.165, 1.54) is 13.3 Å². The molecule has 0 heterocycles. The van der Waals surface area contributed by atoms with Crippen molar-refractivity contribution in [2.45, 2.75) is 0 Å². The van der Waals surface area contributed by atoms with Gasteiger partial charge in [-0.2, -0.15) is 5.10 Å². The molecule has 1 N–H and O–H groups in total. The predicted octanol–water partition coefficient (Wildman–Crippen LogP) is 2.01. The van der Waals surface area contributed by atoms with E-state index in [0.717, 1.165) is 0 Å². The molecule has 0 saturated carbocycles. The van der Waals surface area contributed by atoms with E-state index in [1.54, 1.807) is 55.6 Å². The molecule has 2 aromatic rings. The summed E-state index contributed by atoms with van der Waals surface area (Å²) in [5.41, 5.74) is 3.23. The molecule has 0 atom stereocenters. The number of ether oxygens (including phenoxy) is 3. The second-order valence-electron chi connectivity index (χ2n) is 4.84. The molecule has 25 heavy (non-hydrogen) atoms. The van der Waals surface area contributed by atoms with Gasteiger partial charge in [-0.25, -0.2) is 10.2 Å². The van der Waals surface area contributed by atoms with Crippen molar-refractivity contribution >= 4 is 18.1 Å². The summed E-state index contributed by atoms with van der Waals surface area (Å²) >= 11 is 0. The van der Waals surface area contributed by atoms with Crippen molar-refractivity contribution in [3.05, 3.63) is 59.7 Å². The van der Waals surface area contributed by atoms with Crippen LogP contribution >= 0.6 is 0 Å². The molecule has 0 aliphatic rings. The van der Waals surface area contributed by atoms with Crippen LogP contribution < -0.4 is 14.9 Å². The summed E-state index contributed by atoms with van der Waals surface area (Å²) in [6, 6.07) is 13.6. The van der Waals surface area contributed by atoms with E-state index in [2.05, 4.69) is 10.5 Å². The Balaban J connectivity index is 1.87. The van der Waals surface area contributed by atoms with Crippen molar-refractivity contribution in [3.63, 3.8) is 0 Å². The first-order valence-electron chi connectivity index (χ1n) is 7.40. The lowest BCUT2D eigenvalue weighted by Gasteiger charge is -2.06. The normalized spacial score (nSPS) is 10.3. The average Bonchev–Trinajstić information content (AvgIpc) is 2.66. The highest BCUT2D eigenvalue weighted by Crippen LogP contribution is 2.16. The zero-order valence-corrected chi connectivity index (χ0v) is 13.9. The minimum absolute atomic E-state index is 0.192. The minimum Gasteiger partial charge on any atom is -0.497 e. The van der Waals surface area contributed by atoms with Gasteiger partial charge in [-0.05, 0) is 30.3 Å². The first-order chi connectivity index (χ1) is 12.1. The van der Waals surface area contributed by atoms with E-state index >= 15 is 0 Å². The summed E-state index contributed by atoms with van der Waals surface area (Å²) in [5.74, 6) is 0.334. The highest BCUT2D eigenvalue weighted by atomic mass is 16.5. The number of nitrogens with one attached hydrogen (secondary N) is 1. The van der Waals surface area contributed by atoms with Crippen LogP contribution in [-0.2, 0) is 9.53 Å². The zero-order chi connectivity index (χ0) is 18.1. The van der Waals surface area contributed by atoms with E-state index in [-0.39, 0.29) is 6.61 Å². The second-order valence-corrected chi connectivity index (χ2v) is 4.84. The van der Waals surface area contributed by atoms with E-state index in [1.807, 2.05) is 0 Å². The number of hydrogen-bond acceptors (Lipinski definition) is 6. The van der Waals surface area contributed by atoms with Crippen LogP contribution in [0, 0.1) is 0 Å². The number of hydrogen-bond donors (Lipinski definition) is 1. The number of esters is 1. The van der Waals surface area contributed by atoms with Crippen molar-refractivity contribution in [1.82, 2.24) is 5.43 Å². The van der Waals surface area contributed by atoms with Gasteiger partial charge in [0.2, 0.25) is 0 Å². The van der Waals surface area contributed by atoms with Gasteiger partial charge < -0.3 is 14.2 Å². The Kier molecular flexibility index (Phi) is 6.53. The van der Waals surface area contributed by atoms with Crippen molar-refractivity contribution < 1.29 is 23.8 Å². The van der Waals surface area contributed by atoms with Crippen molar-refractivity contribution in [2.24, 2.45) is 5.10 Å². The molecule has 0 aromatic heterocycles. The maximum Gasteiger partial charge on any atom is 0.338 e. The first-order valence-corrected chi connectivity index (χ1v) is 7.40. The van der Waals surface area contributed by atoms with E-state index in [4.69, 9.17) is 14.2 Å². The average molecular weight is 342 g/mol. The molecular formula is C18H18N2O5. The number of carbonyl (C=O) groups excluding carboxylic acids is 2. The van der Waals surface area contributed by atoms with Gasteiger partial charge in [0.15, 0.2) is 6.61 Å². The number of methoxy groups -OCH3 is 2. The number of hydrazone groups is 1. The van der Waals surface area contributed by atoms with Crippen LogP contribution in [0.2, 0.25) is 0 Å². The molecule has 0 radical (unpaired) electrons. The third-order valence-electron chi connectivity index (χ3n) is 3.19. The summed E-state index contributed by atoms with van der Waals surface area (Å²) in [7, 11) is 2.87. The Labute approximate surface area is 145 Å². The predicted molar refractivity (Wildman–Crippen MR) is 92.0 cm³/mol. The second kappa shape index (κ2) is 9.07. The number of nitrogens with zero attached hydrogens (tertiary/aromatic N) is 1. The van der Waals surface area contributed by atoms with Gasteiger partial charge >= 0.3 is 5.97 Å². The largest absolute Gasteiger partial charge is 0.497 e. The quantitative estimate of drug-likeness (QED) is 0.472.